The maximum atomic E-state index is 13.6. The van der Waals surface area contributed by atoms with Crippen LogP contribution in [0.25, 0.3) is 0 Å². The molecule has 1 amide bonds. The van der Waals surface area contributed by atoms with Gasteiger partial charge < -0.3 is 11.1 Å². The number of likely N-dealkylation sites (tertiary alicyclic amines) is 1. The summed E-state index contributed by atoms with van der Waals surface area (Å²) in [6, 6.07) is 4.20. The number of nitrogens with zero attached hydrogens (tertiary/aromatic N) is 1. The summed E-state index contributed by atoms with van der Waals surface area (Å²) >= 11 is 5.68. The van der Waals surface area contributed by atoms with Gasteiger partial charge in [0.1, 0.15) is 5.82 Å². The smallest absolute Gasteiger partial charge is 0.238 e. The van der Waals surface area contributed by atoms with Crippen LogP contribution in [0.15, 0.2) is 18.2 Å². The van der Waals surface area contributed by atoms with Crippen molar-refractivity contribution in [3.8, 4) is 0 Å². The minimum atomic E-state index is -0.525. The molecule has 0 aromatic heterocycles. The molecular formula is C15H21ClFN3O. The van der Waals surface area contributed by atoms with Crippen LogP contribution in [0.1, 0.15) is 13.3 Å². The van der Waals surface area contributed by atoms with Crippen molar-refractivity contribution in [1.82, 2.24) is 4.90 Å². The predicted molar refractivity (Wildman–Crippen MR) is 82.8 cm³/mol. The molecular weight excluding hydrogens is 293 g/mol. The maximum absolute atomic E-state index is 13.6. The highest BCUT2D eigenvalue weighted by molar-refractivity contribution is 6.30. The number of nitrogens with one attached hydrogen (secondary N) is 1. The average Bonchev–Trinajstić information content (AvgIpc) is 2.44. The number of hydrogen-bond acceptors (Lipinski definition) is 3. The normalized spacial score (nSPS) is 23.0. The van der Waals surface area contributed by atoms with E-state index in [1.807, 2.05) is 0 Å². The molecule has 116 valence electrons. The van der Waals surface area contributed by atoms with Gasteiger partial charge in [0.15, 0.2) is 0 Å². The number of nitrogens with two attached hydrogens (primary N) is 1. The SMILES string of the molecule is CC1CCN(CC(=O)Nc2ccc(Cl)cc2F)CC1CN. The summed E-state index contributed by atoms with van der Waals surface area (Å²) in [4.78, 5) is 14.1. The Morgan fingerprint density at radius 1 is 1.57 bits per heavy atom. The van der Waals surface area contributed by atoms with E-state index in [4.69, 9.17) is 17.3 Å². The fourth-order valence-electron chi connectivity index (χ4n) is 2.66. The van der Waals surface area contributed by atoms with Gasteiger partial charge in [0.2, 0.25) is 5.91 Å². The molecule has 3 N–H and O–H groups in total. The van der Waals surface area contributed by atoms with E-state index in [-0.39, 0.29) is 18.1 Å². The van der Waals surface area contributed by atoms with Gasteiger partial charge in [-0.05, 0) is 49.5 Å². The fourth-order valence-corrected chi connectivity index (χ4v) is 2.82. The Kier molecular flexibility index (Phi) is 5.56. The molecule has 21 heavy (non-hydrogen) atoms. The Bertz CT molecular complexity index is 512. The van der Waals surface area contributed by atoms with Gasteiger partial charge in [-0.1, -0.05) is 18.5 Å². The summed E-state index contributed by atoms with van der Waals surface area (Å²) in [6.07, 6.45) is 1.03. The minimum absolute atomic E-state index is 0.158. The van der Waals surface area contributed by atoms with Crippen molar-refractivity contribution in [3.63, 3.8) is 0 Å². The van der Waals surface area contributed by atoms with Crippen LogP contribution in [0.4, 0.5) is 10.1 Å². The molecule has 0 radical (unpaired) electrons. The average molecular weight is 314 g/mol. The predicted octanol–water partition coefficient (Wildman–Crippen LogP) is 2.33. The highest BCUT2D eigenvalue weighted by atomic mass is 35.5. The van der Waals surface area contributed by atoms with Gasteiger partial charge in [0, 0.05) is 11.6 Å². The van der Waals surface area contributed by atoms with Crippen LogP contribution in [0, 0.1) is 17.7 Å². The molecule has 1 aliphatic rings. The molecule has 1 heterocycles. The van der Waals surface area contributed by atoms with E-state index < -0.39 is 5.82 Å². The van der Waals surface area contributed by atoms with Gasteiger partial charge >= 0.3 is 0 Å². The molecule has 0 aliphatic carbocycles. The number of carbonyl (C=O) groups is 1. The Morgan fingerprint density at radius 3 is 3.00 bits per heavy atom. The van der Waals surface area contributed by atoms with Crippen LogP contribution >= 0.6 is 11.6 Å². The topological polar surface area (TPSA) is 58.4 Å². The number of hydrogen-bond donors (Lipinski definition) is 2. The third-order valence-electron chi connectivity index (χ3n) is 4.07. The lowest BCUT2D eigenvalue weighted by Crippen LogP contribution is -2.45. The van der Waals surface area contributed by atoms with E-state index in [1.165, 1.54) is 12.1 Å². The number of halogens is 2. The Balaban J connectivity index is 1.90. The Labute approximate surface area is 129 Å². The van der Waals surface area contributed by atoms with E-state index in [0.717, 1.165) is 19.5 Å². The van der Waals surface area contributed by atoms with Crippen LogP contribution in [0.3, 0.4) is 0 Å². The van der Waals surface area contributed by atoms with Crippen LogP contribution in [-0.4, -0.2) is 37.0 Å². The molecule has 1 aromatic rings. The summed E-state index contributed by atoms with van der Waals surface area (Å²) in [5, 5.41) is 2.89. The first-order valence-electron chi connectivity index (χ1n) is 7.17. The Morgan fingerprint density at radius 2 is 2.33 bits per heavy atom. The minimum Gasteiger partial charge on any atom is -0.330 e. The van der Waals surface area contributed by atoms with Crippen LogP contribution < -0.4 is 11.1 Å². The molecule has 1 aliphatic heterocycles. The van der Waals surface area contributed by atoms with Crippen LogP contribution in [0.2, 0.25) is 5.02 Å². The van der Waals surface area contributed by atoms with Gasteiger partial charge in [-0.3, -0.25) is 9.69 Å². The van der Waals surface area contributed by atoms with Crippen molar-refractivity contribution < 1.29 is 9.18 Å². The van der Waals surface area contributed by atoms with E-state index in [2.05, 4.69) is 17.1 Å². The first kappa shape index (κ1) is 16.2. The second-order valence-corrected chi connectivity index (χ2v) is 6.11. The summed E-state index contributed by atoms with van der Waals surface area (Å²) in [7, 11) is 0. The molecule has 1 aromatic carbocycles. The monoisotopic (exact) mass is 313 g/mol. The van der Waals surface area contributed by atoms with Crippen molar-refractivity contribution in [2.75, 3.05) is 31.5 Å². The van der Waals surface area contributed by atoms with Gasteiger partial charge in [-0.25, -0.2) is 4.39 Å². The van der Waals surface area contributed by atoms with E-state index in [0.29, 0.717) is 23.4 Å². The lowest BCUT2D eigenvalue weighted by Gasteiger charge is -2.36. The standard InChI is InChI=1S/C15H21ClFN3O/c1-10-4-5-20(8-11(10)7-18)9-15(21)19-14-3-2-12(16)6-13(14)17/h2-3,6,10-11H,4-5,7-9,18H2,1H3,(H,19,21). The molecule has 1 fully saturated rings. The molecule has 4 nitrogen and oxygen atoms in total. The van der Waals surface area contributed by atoms with E-state index in [1.54, 1.807) is 6.07 Å². The largest absolute Gasteiger partial charge is 0.330 e. The van der Waals surface area contributed by atoms with Gasteiger partial charge in [-0.15, -0.1) is 0 Å². The van der Waals surface area contributed by atoms with Gasteiger partial charge in [0.05, 0.1) is 12.2 Å². The fraction of sp³-hybridized carbons (Fsp3) is 0.533. The molecule has 0 spiro atoms. The Hall–Kier alpha value is -1.17. The lowest BCUT2D eigenvalue weighted by molar-refractivity contribution is -0.117. The van der Waals surface area contributed by atoms with Crippen LogP contribution in [0.5, 0.6) is 0 Å². The molecule has 6 heteroatoms. The zero-order valence-electron chi connectivity index (χ0n) is 12.1. The maximum Gasteiger partial charge on any atom is 0.238 e. The molecule has 0 bridgehead atoms. The number of rotatable bonds is 4. The van der Waals surface area contributed by atoms with Gasteiger partial charge in [0.25, 0.3) is 0 Å². The van der Waals surface area contributed by atoms with E-state index >= 15 is 0 Å². The number of carbonyl (C=O) groups excluding carboxylic acids is 1. The van der Waals surface area contributed by atoms with E-state index in [9.17, 15) is 9.18 Å². The quantitative estimate of drug-likeness (QED) is 0.897. The summed E-state index contributed by atoms with van der Waals surface area (Å²) < 4.78 is 13.6. The molecule has 0 saturated carbocycles. The molecule has 2 unspecified atom stereocenters. The second kappa shape index (κ2) is 7.20. The number of anilines is 1. The number of benzene rings is 1. The van der Waals surface area contributed by atoms with Crippen LogP contribution in [-0.2, 0) is 4.79 Å². The van der Waals surface area contributed by atoms with Crippen molar-refractivity contribution >= 4 is 23.2 Å². The summed E-state index contributed by atoms with van der Waals surface area (Å²) in [6.45, 7) is 4.76. The number of piperidine rings is 1. The van der Waals surface area contributed by atoms with Crippen molar-refractivity contribution in [2.24, 2.45) is 17.6 Å². The third kappa shape index (κ3) is 4.40. The number of amides is 1. The first-order valence-corrected chi connectivity index (χ1v) is 7.54. The highest BCUT2D eigenvalue weighted by Crippen LogP contribution is 2.22. The highest BCUT2D eigenvalue weighted by Gasteiger charge is 2.26. The molecule has 2 atom stereocenters. The van der Waals surface area contributed by atoms with Gasteiger partial charge in [-0.2, -0.15) is 0 Å². The van der Waals surface area contributed by atoms with Crippen molar-refractivity contribution in [2.45, 2.75) is 13.3 Å². The summed E-state index contributed by atoms with van der Waals surface area (Å²) in [5.41, 5.74) is 5.91. The van der Waals surface area contributed by atoms with Crippen molar-refractivity contribution in [1.29, 1.82) is 0 Å². The lowest BCUT2D eigenvalue weighted by atomic mass is 9.87. The third-order valence-corrected chi connectivity index (χ3v) is 4.31. The zero-order valence-corrected chi connectivity index (χ0v) is 12.9. The van der Waals surface area contributed by atoms with Crippen molar-refractivity contribution in [3.05, 3.63) is 29.0 Å². The molecule has 1 saturated heterocycles. The second-order valence-electron chi connectivity index (χ2n) is 5.67. The summed E-state index contributed by atoms with van der Waals surface area (Å²) in [5.74, 6) is 0.256. The first-order chi connectivity index (χ1) is 9.99. The zero-order chi connectivity index (χ0) is 15.4. The molecule has 2 rings (SSSR count).